The van der Waals surface area contributed by atoms with Crippen LogP contribution in [0.1, 0.15) is 15.9 Å². The molecular weight excluding hydrogens is 446 g/mol. The van der Waals surface area contributed by atoms with E-state index in [-0.39, 0.29) is 5.91 Å². The van der Waals surface area contributed by atoms with Crippen molar-refractivity contribution < 1.29 is 14.3 Å². The van der Waals surface area contributed by atoms with Crippen molar-refractivity contribution in [3.63, 3.8) is 0 Å². The molecule has 1 fully saturated rings. The van der Waals surface area contributed by atoms with Crippen molar-refractivity contribution in [2.75, 3.05) is 31.2 Å². The maximum Gasteiger partial charge on any atom is 0.255 e. The number of para-hydroxylation sites is 1. The Balaban J connectivity index is 1.43. The van der Waals surface area contributed by atoms with Crippen LogP contribution in [0.3, 0.4) is 0 Å². The highest BCUT2D eigenvalue weighted by molar-refractivity contribution is 9.10. The standard InChI is InChI=1S/C23H22BrN3O3/c24-18-4-3-5-19(15-18)30-21-7-2-1-6-20(21)23(28)26-16-17-8-9-25-22(14-17)27-10-12-29-13-11-27/h1-9,14-15H,10-13,16H2,(H,26,28). The highest BCUT2D eigenvalue weighted by Crippen LogP contribution is 2.27. The fraction of sp³-hybridized carbons (Fsp3) is 0.217. The van der Waals surface area contributed by atoms with E-state index in [2.05, 4.69) is 31.1 Å². The van der Waals surface area contributed by atoms with Crippen molar-refractivity contribution >= 4 is 27.7 Å². The number of aromatic nitrogens is 1. The van der Waals surface area contributed by atoms with Gasteiger partial charge in [-0.1, -0.05) is 34.1 Å². The summed E-state index contributed by atoms with van der Waals surface area (Å²) in [5.41, 5.74) is 1.48. The molecule has 1 amide bonds. The Kier molecular flexibility index (Phi) is 6.61. The lowest BCUT2D eigenvalue weighted by Gasteiger charge is -2.28. The Morgan fingerprint density at radius 1 is 1.10 bits per heavy atom. The Hall–Kier alpha value is -2.90. The molecule has 1 N–H and O–H groups in total. The zero-order chi connectivity index (χ0) is 20.8. The second kappa shape index (κ2) is 9.73. The van der Waals surface area contributed by atoms with E-state index in [1.54, 1.807) is 18.3 Å². The van der Waals surface area contributed by atoms with E-state index in [4.69, 9.17) is 9.47 Å². The predicted molar refractivity (Wildman–Crippen MR) is 119 cm³/mol. The monoisotopic (exact) mass is 467 g/mol. The van der Waals surface area contributed by atoms with Crippen molar-refractivity contribution in [2.24, 2.45) is 0 Å². The number of hydrogen-bond donors (Lipinski definition) is 1. The minimum Gasteiger partial charge on any atom is -0.456 e. The summed E-state index contributed by atoms with van der Waals surface area (Å²) in [4.78, 5) is 19.5. The highest BCUT2D eigenvalue weighted by Gasteiger charge is 2.15. The first kappa shape index (κ1) is 20.4. The average molecular weight is 468 g/mol. The summed E-state index contributed by atoms with van der Waals surface area (Å²) in [6.45, 7) is 3.46. The molecule has 30 heavy (non-hydrogen) atoms. The van der Waals surface area contributed by atoms with Gasteiger partial charge in [0.05, 0.1) is 18.8 Å². The third-order valence-electron chi connectivity index (χ3n) is 4.75. The van der Waals surface area contributed by atoms with Crippen molar-refractivity contribution in [1.29, 1.82) is 0 Å². The van der Waals surface area contributed by atoms with Gasteiger partial charge < -0.3 is 19.7 Å². The van der Waals surface area contributed by atoms with E-state index in [1.165, 1.54) is 0 Å². The van der Waals surface area contributed by atoms with Gasteiger partial charge in [-0.2, -0.15) is 0 Å². The predicted octanol–water partition coefficient (Wildman–Crippen LogP) is 4.40. The van der Waals surface area contributed by atoms with Gasteiger partial charge in [-0.25, -0.2) is 4.98 Å². The lowest BCUT2D eigenvalue weighted by molar-refractivity contribution is 0.0948. The largest absolute Gasteiger partial charge is 0.456 e. The Morgan fingerprint density at radius 2 is 1.93 bits per heavy atom. The van der Waals surface area contributed by atoms with E-state index >= 15 is 0 Å². The SMILES string of the molecule is O=C(NCc1ccnc(N2CCOCC2)c1)c1ccccc1Oc1cccc(Br)c1. The van der Waals surface area contributed by atoms with Crippen molar-refractivity contribution in [3.05, 3.63) is 82.5 Å². The van der Waals surface area contributed by atoms with Gasteiger partial charge in [0, 0.05) is 30.3 Å². The lowest BCUT2D eigenvalue weighted by Crippen LogP contribution is -2.36. The average Bonchev–Trinajstić information content (AvgIpc) is 2.79. The first-order valence-corrected chi connectivity index (χ1v) is 10.6. The lowest BCUT2D eigenvalue weighted by atomic mass is 10.1. The minimum absolute atomic E-state index is 0.190. The van der Waals surface area contributed by atoms with Crippen LogP contribution in [0.2, 0.25) is 0 Å². The molecule has 0 atom stereocenters. The quantitative estimate of drug-likeness (QED) is 0.581. The number of nitrogens with zero attached hydrogens (tertiary/aromatic N) is 2. The maximum atomic E-state index is 12.8. The highest BCUT2D eigenvalue weighted by atomic mass is 79.9. The number of carbonyl (C=O) groups is 1. The molecule has 154 valence electrons. The van der Waals surface area contributed by atoms with Crippen molar-refractivity contribution in [2.45, 2.75) is 6.54 Å². The smallest absolute Gasteiger partial charge is 0.255 e. The van der Waals surface area contributed by atoms with Crippen LogP contribution >= 0.6 is 15.9 Å². The second-order valence-electron chi connectivity index (χ2n) is 6.86. The Bertz CT molecular complexity index is 1020. The van der Waals surface area contributed by atoms with Gasteiger partial charge >= 0.3 is 0 Å². The number of rotatable bonds is 6. The molecule has 4 rings (SSSR count). The van der Waals surface area contributed by atoms with Gasteiger partial charge in [-0.3, -0.25) is 4.79 Å². The van der Waals surface area contributed by atoms with Crippen LogP contribution in [-0.2, 0) is 11.3 Å². The van der Waals surface area contributed by atoms with Crippen LogP contribution in [-0.4, -0.2) is 37.2 Å². The third-order valence-corrected chi connectivity index (χ3v) is 5.25. The summed E-state index contributed by atoms with van der Waals surface area (Å²) < 4.78 is 12.3. The maximum absolute atomic E-state index is 12.8. The molecule has 7 heteroatoms. The number of morpholine rings is 1. The number of ether oxygens (including phenoxy) is 2. The molecule has 0 bridgehead atoms. The molecule has 2 aromatic carbocycles. The molecule has 0 spiro atoms. The number of nitrogens with one attached hydrogen (secondary N) is 1. The fourth-order valence-electron chi connectivity index (χ4n) is 3.21. The molecule has 0 unspecified atom stereocenters. The molecule has 6 nitrogen and oxygen atoms in total. The molecule has 0 aliphatic carbocycles. The van der Waals surface area contributed by atoms with E-state index in [0.29, 0.717) is 36.8 Å². The van der Waals surface area contributed by atoms with E-state index in [1.807, 2.05) is 48.5 Å². The zero-order valence-electron chi connectivity index (χ0n) is 16.4. The van der Waals surface area contributed by atoms with Gasteiger partial charge in [0.25, 0.3) is 5.91 Å². The zero-order valence-corrected chi connectivity index (χ0v) is 18.0. The van der Waals surface area contributed by atoms with Crippen molar-refractivity contribution in [1.82, 2.24) is 10.3 Å². The number of amides is 1. The van der Waals surface area contributed by atoms with E-state index < -0.39 is 0 Å². The van der Waals surface area contributed by atoms with Crippen LogP contribution in [0.25, 0.3) is 0 Å². The summed E-state index contributed by atoms with van der Waals surface area (Å²) in [5, 5.41) is 2.98. The molecule has 1 saturated heterocycles. The van der Waals surface area contributed by atoms with E-state index in [0.717, 1.165) is 28.9 Å². The number of halogens is 1. The topological polar surface area (TPSA) is 63.7 Å². The van der Waals surface area contributed by atoms with Gasteiger partial charge in [0.1, 0.15) is 17.3 Å². The van der Waals surface area contributed by atoms with Gasteiger partial charge in [-0.05, 0) is 48.0 Å². The summed E-state index contributed by atoms with van der Waals surface area (Å²) in [6.07, 6.45) is 1.77. The molecule has 0 radical (unpaired) electrons. The van der Waals surface area contributed by atoms with Crippen LogP contribution in [0, 0.1) is 0 Å². The van der Waals surface area contributed by atoms with Gasteiger partial charge in [0.2, 0.25) is 0 Å². The Morgan fingerprint density at radius 3 is 2.77 bits per heavy atom. The molecule has 3 aromatic rings. The summed E-state index contributed by atoms with van der Waals surface area (Å²) in [5.74, 6) is 1.89. The van der Waals surface area contributed by atoms with Crippen LogP contribution in [0.15, 0.2) is 71.3 Å². The number of pyridine rings is 1. The third kappa shape index (κ3) is 5.17. The first-order valence-electron chi connectivity index (χ1n) is 9.77. The number of benzene rings is 2. The number of anilines is 1. The molecule has 2 heterocycles. The van der Waals surface area contributed by atoms with Crippen molar-refractivity contribution in [3.8, 4) is 11.5 Å². The van der Waals surface area contributed by atoms with Crippen LogP contribution in [0.5, 0.6) is 11.5 Å². The van der Waals surface area contributed by atoms with E-state index in [9.17, 15) is 4.79 Å². The minimum atomic E-state index is -0.190. The molecule has 1 aliphatic heterocycles. The van der Waals surface area contributed by atoms with Gasteiger partial charge in [-0.15, -0.1) is 0 Å². The normalized spacial score (nSPS) is 13.7. The summed E-state index contributed by atoms with van der Waals surface area (Å²) in [6, 6.07) is 18.7. The number of carbonyl (C=O) groups excluding carboxylic acids is 1. The van der Waals surface area contributed by atoms with Crippen LogP contribution in [0.4, 0.5) is 5.82 Å². The first-order chi connectivity index (χ1) is 14.7. The fourth-order valence-corrected chi connectivity index (χ4v) is 3.59. The molecule has 0 saturated carbocycles. The summed E-state index contributed by atoms with van der Waals surface area (Å²) in [7, 11) is 0. The number of hydrogen-bond acceptors (Lipinski definition) is 5. The van der Waals surface area contributed by atoms with Gasteiger partial charge in [0.15, 0.2) is 0 Å². The summed E-state index contributed by atoms with van der Waals surface area (Å²) >= 11 is 3.43. The second-order valence-corrected chi connectivity index (χ2v) is 7.78. The Labute approximate surface area is 184 Å². The molecular formula is C23H22BrN3O3. The molecule has 1 aliphatic rings. The van der Waals surface area contributed by atoms with Crippen LogP contribution < -0.4 is 15.0 Å². The molecule has 1 aromatic heterocycles.